The van der Waals surface area contributed by atoms with Crippen molar-refractivity contribution < 1.29 is 52.1 Å². The van der Waals surface area contributed by atoms with E-state index in [-0.39, 0.29) is 59.5 Å². The van der Waals surface area contributed by atoms with E-state index in [0.717, 1.165) is 0 Å². The Morgan fingerprint density at radius 2 is 1.00 bits per heavy atom. The van der Waals surface area contributed by atoms with Gasteiger partial charge in [0.1, 0.15) is 0 Å². The summed E-state index contributed by atoms with van der Waals surface area (Å²) in [6.45, 7) is 0. The summed E-state index contributed by atoms with van der Waals surface area (Å²) in [6, 6.07) is 0. The monoisotopic (exact) mass is 106 g/mol. The average Bonchev–Trinajstić information content (AvgIpc) is 0. The molecule has 0 saturated heterocycles. The van der Waals surface area contributed by atoms with Gasteiger partial charge in [0.2, 0.25) is 0 Å². The Labute approximate surface area is 59.2 Å². The van der Waals surface area contributed by atoms with Gasteiger partial charge < -0.3 is 5.48 Å². The van der Waals surface area contributed by atoms with Crippen LogP contribution in [0.2, 0.25) is 0 Å². The van der Waals surface area contributed by atoms with Crippen LogP contribution in [0.4, 0.5) is 0 Å². The van der Waals surface area contributed by atoms with Gasteiger partial charge in [-0.3, -0.25) is 0 Å². The first-order valence-electron chi connectivity index (χ1n) is 0. The normalized spacial score (nSPS) is 0. The van der Waals surface area contributed by atoms with Crippen molar-refractivity contribution in [1.29, 1.82) is 0 Å². The van der Waals surface area contributed by atoms with Crippen molar-refractivity contribution in [3.63, 3.8) is 0 Å². The van der Waals surface area contributed by atoms with E-state index in [0.29, 0.717) is 0 Å². The number of rotatable bonds is 0. The molecule has 0 N–H and O–H groups in total. The van der Waals surface area contributed by atoms with Crippen LogP contribution in [0.3, 0.4) is 0 Å². The minimum absolute atomic E-state index is 0. The molecule has 0 saturated carbocycles. The van der Waals surface area contributed by atoms with Crippen LogP contribution >= 0.6 is 0 Å². The van der Waals surface area contributed by atoms with Crippen LogP contribution in [-0.2, 0) is 22.5 Å². The second kappa shape index (κ2) is 24.8. The Bertz CT molecular complexity index is 8.00. The second-order valence-corrected chi connectivity index (χ2v) is 0. The van der Waals surface area contributed by atoms with E-state index in [1.54, 1.807) is 0 Å². The molecule has 0 aliphatic heterocycles. The van der Waals surface area contributed by atoms with Crippen LogP contribution in [-0.4, -0.2) is 0 Å². The maximum Gasteiger partial charge on any atom is 4.00 e. The molecular weight excluding hydrogens is 106 g/mol. The van der Waals surface area contributed by atoms with Crippen molar-refractivity contribution in [2.24, 2.45) is 0 Å². The molecule has 0 aromatic carbocycles. The summed E-state index contributed by atoms with van der Waals surface area (Å²) in [7, 11) is 0. The first-order chi connectivity index (χ1) is 0. The van der Waals surface area contributed by atoms with E-state index in [1.165, 1.54) is 0 Å². The predicted molar refractivity (Wildman–Crippen MR) is 3.93 cm³/mol. The summed E-state index contributed by atoms with van der Waals surface area (Å²) in [4.78, 5) is 0. The van der Waals surface area contributed by atoms with Crippen LogP contribution in [0, 0.1) is 7.43 Å². The van der Waals surface area contributed by atoms with E-state index < -0.39 is 0 Å². The third-order valence-electron chi connectivity index (χ3n) is 0. The standard InChI is InChI=1S/C.Mn.Na.O/q+4;+2;+1;-2. The molecule has 1 radical (unpaired) electrons. The average molecular weight is 106 g/mol. The fourth-order valence-electron chi connectivity index (χ4n) is 0. The zero-order valence-electron chi connectivity index (χ0n) is 2.29. The minimum Gasteiger partial charge on any atom is -2.00 e. The molecule has 0 atom stereocenters. The van der Waals surface area contributed by atoms with Gasteiger partial charge in [-0.25, -0.2) is 0 Å². The maximum absolute atomic E-state index is 0. The van der Waals surface area contributed by atoms with Gasteiger partial charge in [-0.2, -0.15) is 0 Å². The summed E-state index contributed by atoms with van der Waals surface area (Å²) in [5.74, 6) is 0. The molecule has 0 heterocycles. The third-order valence-corrected chi connectivity index (χ3v) is 0. The fourth-order valence-corrected chi connectivity index (χ4v) is 0. The van der Waals surface area contributed by atoms with Gasteiger partial charge in [0.25, 0.3) is 0 Å². The van der Waals surface area contributed by atoms with Crippen molar-refractivity contribution in [1.82, 2.24) is 0 Å². The summed E-state index contributed by atoms with van der Waals surface area (Å²) < 4.78 is 0. The summed E-state index contributed by atoms with van der Waals surface area (Å²) in [6.07, 6.45) is 0. The molecule has 4 heavy (non-hydrogen) atoms. The molecule has 3 heteroatoms. The van der Waals surface area contributed by atoms with Gasteiger partial charge in [0.05, 0.1) is 0 Å². The largest absolute Gasteiger partial charge is 4.00 e. The second-order valence-electron chi connectivity index (χ2n) is 0. The maximum atomic E-state index is 0. The van der Waals surface area contributed by atoms with E-state index in [9.17, 15) is 0 Å². The van der Waals surface area contributed by atoms with E-state index in [2.05, 4.69) is 0 Å². The van der Waals surface area contributed by atoms with Crippen LogP contribution < -0.4 is 29.6 Å². The molecule has 0 spiro atoms. The molecule has 0 unspecified atom stereocenters. The Morgan fingerprint density at radius 3 is 1.00 bits per heavy atom. The number of hydrogen-bond donors (Lipinski definition) is 0. The molecule has 0 amide bonds. The Kier molecular flexibility index (Phi) is 311. The van der Waals surface area contributed by atoms with Crippen LogP contribution in [0.5, 0.6) is 0 Å². The van der Waals surface area contributed by atoms with Crippen molar-refractivity contribution in [3.05, 3.63) is 7.43 Å². The molecule has 0 aromatic rings. The van der Waals surface area contributed by atoms with E-state index in [1.807, 2.05) is 0 Å². The van der Waals surface area contributed by atoms with Crippen molar-refractivity contribution in [2.75, 3.05) is 0 Å². The fraction of sp³-hybridized carbons (Fsp3) is 0. The molecule has 0 fully saturated rings. The van der Waals surface area contributed by atoms with Crippen molar-refractivity contribution >= 4 is 0 Å². The zero-order chi connectivity index (χ0) is 0. The summed E-state index contributed by atoms with van der Waals surface area (Å²) in [5, 5.41) is 0. The van der Waals surface area contributed by atoms with Gasteiger partial charge in [0.15, 0.2) is 0 Å². The van der Waals surface area contributed by atoms with Gasteiger partial charge in [-0.05, 0) is 0 Å². The minimum atomic E-state index is 0. The molecule has 13 valence electrons. The quantitative estimate of drug-likeness (QED) is 0.294. The summed E-state index contributed by atoms with van der Waals surface area (Å²) >= 11 is 0. The molecule has 0 aliphatic carbocycles. The van der Waals surface area contributed by atoms with Crippen LogP contribution in [0.1, 0.15) is 0 Å². The Balaban J connectivity index is 0. The molecule has 0 bridgehead atoms. The topological polar surface area (TPSA) is 28.5 Å². The Morgan fingerprint density at radius 1 is 1.00 bits per heavy atom. The molecule has 0 aromatic heterocycles. The third kappa shape index (κ3) is 9.77. The first kappa shape index (κ1) is 50.2. The first-order valence-corrected chi connectivity index (χ1v) is 0. The van der Waals surface area contributed by atoms with Crippen molar-refractivity contribution in [3.8, 4) is 0 Å². The summed E-state index contributed by atoms with van der Waals surface area (Å²) in [5.41, 5.74) is 0. The zero-order valence-corrected chi connectivity index (χ0v) is 5.47. The van der Waals surface area contributed by atoms with Crippen molar-refractivity contribution in [2.45, 2.75) is 0 Å². The molecule has 1 nitrogen and oxygen atoms in total. The van der Waals surface area contributed by atoms with E-state index in [4.69, 9.17) is 0 Å². The SMILES string of the molecule is [C+4].[Mn+2].[Na+].[O-2]. The molecule has 0 rings (SSSR count). The molecule has 0 aliphatic rings. The van der Waals surface area contributed by atoms with E-state index >= 15 is 0 Å². The van der Waals surface area contributed by atoms with Gasteiger partial charge in [-0.1, -0.05) is 0 Å². The van der Waals surface area contributed by atoms with Gasteiger partial charge >= 0.3 is 54.1 Å². The predicted octanol–water partition coefficient (Wildman–Crippen LogP) is -3.04. The van der Waals surface area contributed by atoms with Crippen LogP contribution in [0.15, 0.2) is 0 Å². The number of hydrogen-bond acceptors (Lipinski definition) is 0. The molecular formula is CMnNaO+5. The smallest absolute Gasteiger partial charge is 2.00 e. The Hall–Kier alpha value is 1.48. The van der Waals surface area contributed by atoms with Gasteiger partial charge in [0, 0.05) is 0 Å². The van der Waals surface area contributed by atoms with Gasteiger partial charge in [-0.15, -0.1) is 0 Å². The van der Waals surface area contributed by atoms with Crippen LogP contribution in [0.25, 0.3) is 0 Å².